The second-order valence-electron chi connectivity index (χ2n) is 9.30. The Kier molecular flexibility index (Phi) is 8.52. The maximum absolute atomic E-state index is 12.3. The van der Waals surface area contributed by atoms with Gasteiger partial charge >= 0.3 is 0 Å². The first-order valence-electron chi connectivity index (χ1n) is 13.2. The molecule has 2 aliphatic rings. The molecule has 2 aliphatic heterocycles. The summed E-state index contributed by atoms with van der Waals surface area (Å²) in [4.78, 5) is 35.6. The molecule has 4 aromatic rings. The molecule has 0 atom stereocenters. The number of amides is 1. The topological polar surface area (TPSA) is 118 Å². The van der Waals surface area contributed by atoms with Crippen molar-refractivity contribution < 1.29 is 14.3 Å². The largest absolute Gasteiger partial charge is 0.378 e. The van der Waals surface area contributed by atoms with Crippen LogP contribution in [0.25, 0.3) is 10.2 Å². The predicted molar refractivity (Wildman–Crippen MR) is 158 cm³/mol. The van der Waals surface area contributed by atoms with Crippen molar-refractivity contribution in [2.24, 2.45) is 0 Å². The van der Waals surface area contributed by atoms with E-state index in [4.69, 9.17) is 29.4 Å². The van der Waals surface area contributed by atoms with Crippen molar-refractivity contribution in [2.75, 3.05) is 73.5 Å². The summed E-state index contributed by atoms with van der Waals surface area (Å²) >= 11 is 3.01. The third-order valence-corrected chi connectivity index (χ3v) is 8.64. The predicted octanol–water partition coefficient (Wildman–Crippen LogP) is 3.31. The second-order valence-corrected chi connectivity index (χ2v) is 11.5. The minimum atomic E-state index is -0.0163. The van der Waals surface area contributed by atoms with Gasteiger partial charge in [-0.3, -0.25) is 4.79 Å². The van der Waals surface area contributed by atoms with Gasteiger partial charge in [-0.15, -0.1) is 11.3 Å². The third-order valence-electron chi connectivity index (χ3n) is 6.48. The number of fused-ring (bicyclic) bond motifs is 1. The number of thiazole rings is 1. The molecule has 2 fully saturated rings. The minimum Gasteiger partial charge on any atom is -0.378 e. The fourth-order valence-corrected chi connectivity index (χ4v) is 6.30. The average Bonchev–Trinajstić information content (AvgIpc) is 3.42. The standard InChI is InChI=1S/C27H30N8O3S2/c36-23(28-17-19-4-2-1-3-5-19)18-39-27-30-21-7-6-20(16-22(21)40-27)29-24-31-25(34-8-12-37-13-9-34)33-26(32-24)35-10-14-38-15-11-35/h1-7,16H,8-15,17-18H2,(H,28,36)(H,29,31,32,33). The van der Waals surface area contributed by atoms with E-state index in [1.54, 1.807) is 11.3 Å². The highest BCUT2D eigenvalue weighted by Gasteiger charge is 2.21. The number of ether oxygens (including phenoxy) is 2. The van der Waals surface area contributed by atoms with E-state index in [-0.39, 0.29) is 5.91 Å². The molecule has 40 heavy (non-hydrogen) atoms. The summed E-state index contributed by atoms with van der Waals surface area (Å²) in [6.07, 6.45) is 0. The maximum Gasteiger partial charge on any atom is 0.233 e. The third kappa shape index (κ3) is 6.78. The van der Waals surface area contributed by atoms with E-state index in [1.807, 2.05) is 48.5 Å². The molecule has 0 spiro atoms. The first-order valence-corrected chi connectivity index (χ1v) is 15.0. The summed E-state index contributed by atoms with van der Waals surface area (Å²) in [6, 6.07) is 15.9. The molecule has 0 aliphatic carbocycles. The highest BCUT2D eigenvalue weighted by Crippen LogP contribution is 2.32. The molecule has 0 bridgehead atoms. The van der Waals surface area contributed by atoms with Crippen molar-refractivity contribution >= 4 is 62.8 Å². The van der Waals surface area contributed by atoms with Crippen molar-refractivity contribution in [1.29, 1.82) is 0 Å². The molecular weight excluding hydrogens is 548 g/mol. The van der Waals surface area contributed by atoms with Crippen LogP contribution in [0, 0.1) is 0 Å². The molecule has 2 N–H and O–H groups in total. The number of hydrogen-bond acceptors (Lipinski definition) is 12. The fraction of sp³-hybridized carbons (Fsp3) is 0.370. The lowest BCUT2D eigenvalue weighted by Crippen LogP contribution is -2.40. The average molecular weight is 579 g/mol. The summed E-state index contributed by atoms with van der Waals surface area (Å²) in [5.41, 5.74) is 2.83. The number of benzene rings is 2. The van der Waals surface area contributed by atoms with Crippen LogP contribution in [0.1, 0.15) is 5.56 Å². The Labute approximate surface area is 240 Å². The summed E-state index contributed by atoms with van der Waals surface area (Å²) in [6.45, 7) is 6.08. The van der Waals surface area contributed by atoms with Crippen molar-refractivity contribution in [3.05, 3.63) is 54.1 Å². The zero-order valence-electron chi connectivity index (χ0n) is 21.9. The van der Waals surface area contributed by atoms with E-state index in [0.29, 0.717) is 56.6 Å². The molecular formula is C27H30N8O3S2. The van der Waals surface area contributed by atoms with E-state index in [9.17, 15) is 4.79 Å². The molecule has 11 nitrogen and oxygen atoms in total. The zero-order valence-corrected chi connectivity index (χ0v) is 23.5. The maximum atomic E-state index is 12.3. The van der Waals surface area contributed by atoms with Crippen molar-refractivity contribution in [1.82, 2.24) is 25.3 Å². The number of nitrogens with zero attached hydrogens (tertiary/aromatic N) is 6. The van der Waals surface area contributed by atoms with Crippen molar-refractivity contribution in [3.63, 3.8) is 0 Å². The number of aromatic nitrogens is 4. The number of anilines is 4. The van der Waals surface area contributed by atoms with Gasteiger partial charge in [0, 0.05) is 38.4 Å². The van der Waals surface area contributed by atoms with Gasteiger partial charge in [0.1, 0.15) is 0 Å². The summed E-state index contributed by atoms with van der Waals surface area (Å²) in [5, 5.41) is 6.34. The monoisotopic (exact) mass is 578 g/mol. The molecule has 2 saturated heterocycles. The fourth-order valence-electron chi connectivity index (χ4n) is 4.37. The molecule has 2 aromatic carbocycles. The van der Waals surface area contributed by atoms with Crippen molar-refractivity contribution in [3.8, 4) is 0 Å². The van der Waals surface area contributed by atoms with Crippen LogP contribution in [0.4, 0.5) is 23.5 Å². The van der Waals surface area contributed by atoms with Gasteiger partial charge in [-0.2, -0.15) is 15.0 Å². The second kappa shape index (κ2) is 12.8. The first kappa shape index (κ1) is 26.7. The number of thioether (sulfide) groups is 1. The molecule has 0 saturated carbocycles. The quantitative estimate of drug-likeness (QED) is 0.285. The lowest BCUT2D eigenvalue weighted by atomic mass is 10.2. The van der Waals surface area contributed by atoms with Crippen LogP contribution in [0.5, 0.6) is 0 Å². The van der Waals surface area contributed by atoms with Crippen LogP contribution < -0.4 is 20.4 Å². The van der Waals surface area contributed by atoms with Crippen LogP contribution in [0.15, 0.2) is 52.9 Å². The Balaban J connectivity index is 1.14. The van der Waals surface area contributed by atoms with Gasteiger partial charge in [-0.1, -0.05) is 42.1 Å². The number of nitrogens with one attached hydrogen (secondary N) is 2. The van der Waals surface area contributed by atoms with Gasteiger partial charge in [-0.05, 0) is 23.8 Å². The van der Waals surface area contributed by atoms with E-state index in [2.05, 4.69) is 20.4 Å². The Bertz CT molecular complexity index is 1410. The van der Waals surface area contributed by atoms with Crippen LogP contribution in [-0.2, 0) is 20.8 Å². The van der Waals surface area contributed by atoms with Crippen LogP contribution >= 0.6 is 23.1 Å². The Hall–Kier alpha value is -3.52. The lowest BCUT2D eigenvalue weighted by Gasteiger charge is -2.30. The smallest absolute Gasteiger partial charge is 0.233 e. The normalized spacial score (nSPS) is 15.8. The van der Waals surface area contributed by atoms with Gasteiger partial charge in [0.15, 0.2) is 4.34 Å². The summed E-state index contributed by atoms with van der Waals surface area (Å²) in [5.74, 6) is 2.08. The number of morpholine rings is 2. The van der Waals surface area contributed by atoms with E-state index >= 15 is 0 Å². The molecule has 208 valence electrons. The van der Waals surface area contributed by atoms with Gasteiger partial charge in [0.05, 0.1) is 42.4 Å². The molecule has 6 rings (SSSR count). The molecule has 0 radical (unpaired) electrons. The summed E-state index contributed by atoms with van der Waals surface area (Å²) < 4.78 is 12.9. The molecule has 1 amide bonds. The highest BCUT2D eigenvalue weighted by molar-refractivity contribution is 8.01. The number of carbonyl (C=O) groups excluding carboxylic acids is 1. The van der Waals surface area contributed by atoms with E-state index < -0.39 is 0 Å². The van der Waals surface area contributed by atoms with E-state index in [0.717, 1.165) is 52.0 Å². The van der Waals surface area contributed by atoms with Gasteiger partial charge in [-0.25, -0.2) is 4.98 Å². The molecule has 2 aromatic heterocycles. The van der Waals surface area contributed by atoms with Gasteiger partial charge in [0.2, 0.25) is 23.8 Å². The first-order chi connectivity index (χ1) is 19.7. The molecule has 0 unspecified atom stereocenters. The minimum absolute atomic E-state index is 0.0163. The number of carbonyl (C=O) groups is 1. The number of hydrogen-bond donors (Lipinski definition) is 2. The van der Waals surface area contributed by atoms with Crippen LogP contribution in [0.3, 0.4) is 0 Å². The SMILES string of the molecule is O=C(CSc1nc2ccc(Nc3nc(N4CCOCC4)nc(N4CCOCC4)n3)cc2s1)NCc1ccccc1. The van der Waals surface area contributed by atoms with E-state index in [1.165, 1.54) is 11.8 Å². The molecule has 13 heteroatoms. The Morgan fingerprint density at radius 3 is 2.23 bits per heavy atom. The lowest BCUT2D eigenvalue weighted by molar-refractivity contribution is -0.118. The van der Waals surface area contributed by atoms with Crippen molar-refractivity contribution in [2.45, 2.75) is 10.9 Å². The molecule has 4 heterocycles. The van der Waals surface area contributed by atoms with Crippen LogP contribution in [0.2, 0.25) is 0 Å². The van der Waals surface area contributed by atoms with Gasteiger partial charge in [0.25, 0.3) is 0 Å². The summed E-state index contributed by atoms with van der Waals surface area (Å²) in [7, 11) is 0. The number of rotatable bonds is 9. The van der Waals surface area contributed by atoms with Gasteiger partial charge < -0.3 is 29.9 Å². The highest BCUT2D eigenvalue weighted by atomic mass is 32.2. The Morgan fingerprint density at radius 2 is 1.55 bits per heavy atom. The van der Waals surface area contributed by atoms with Crippen LogP contribution in [-0.4, -0.2) is 84.2 Å². The Morgan fingerprint density at radius 1 is 0.875 bits per heavy atom. The zero-order chi connectivity index (χ0) is 27.1.